The standard InChI is InChI=1S/C10H16N4S/c11-2-3-14(9-1-4-15-7-9)10-5-12-8-13-6-10/h5-6,8-9H,1-4,7,11H2. The SMILES string of the molecule is NCCN(c1cncnc1)C1CCSC1. The molecule has 5 heteroatoms. The fourth-order valence-corrected chi connectivity index (χ4v) is 3.09. The van der Waals surface area contributed by atoms with Crippen LogP contribution in [0.2, 0.25) is 0 Å². The third-order valence-electron chi connectivity index (χ3n) is 2.60. The van der Waals surface area contributed by atoms with Crippen LogP contribution in [0.4, 0.5) is 5.69 Å². The fraction of sp³-hybridized carbons (Fsp3) is 0.600. The molecule has 4 nitrogen and oxygen atoms in total. The van der Waals surface area contributed by atoms with Gasteiger partial charge >= 0.3 is 0 Å². The second-order valence-electron chi connectivity index (χ2n) is 3.60. The Morgan fingerprint density at radius 3 is 2.87 bits per heavy atom. The van der Waals surface area contributed by atoms with Gasteiger partial charge in [0.15, 0.2) is 0 Å². The molecule has 0 saturated carbocycles. The summed E-state index contributed by atoms with van der Waals surface area (Å²) in [5, 5.41) is 0. The topological polar surface area (TPSA) is 55.0 Å². The van der Waals surface area contributed by atoms with E-state index in [1.54, 1.807) is 6.33 Å². The fourth-order valence-electron chi connectivity index (χ4n) is 1.87. The van der Waals surface area contributed by atoms with E-state index < -0.39 is 0 Å². The first kappa shape index (κ1) is 10.7. The largest absolute Gasteiger partial charge is 0.364 e. The highest BCUT2D eigenvalue weighted by atomic mass is 32.2. The van der Waals surface area contributed by atoms with Crippen molar-refractivity contribution in [1.82, 2.24) is 9.97 Å². The molecule has 0 bridgehead atoms. The Hall–Kier alpha value is -0.810. The summed E-state index contributed by atoms with van der Waals surface area (Å²) >= 11 is 2.01. The summed E-state index contributed by atoms with van der Waals surface area (Å²) in [5.41, 5.74) is 6.74. The van der Waals surface area contributed by atoms with Crippen LogP contribution in [-0.2, 0) is 0 Å². The normalized spacial score (nSPS) is 20.5. The number of thioether (sulfide) groups is 1. The Balaban J connectivity index is 2.11. The van der Waals surface area contributed by atoms with E-state index in [4.69, 9.17) is 5.73 Å². The lowest BCUT2D eigenvalue weighted by molar-refractivity contribution is 0.644. The van der Waals surface area contributed by atoms with Gasteiger partial charge in [0.2, 0.25) is 0 Å². The van der Waals surface area contributed by atoms with Crippen LogP contribution in [-0.4, -0.2) is 40.6 Å². The van der Waals surface area contributed by atoms with Crippen molar-refractivity contribution in [2.75, 3.05) is 29.5 Å². The molecule has 0 aromatic carbocycles. The Morgan fingerprint density at radius 1 is 1.47 bits per heavy atom. The second kappa shape index (κ2) is 5.32. The van der Waals surface area contributed by atoms with E-state index in [1.165, 1.54) is 17.9 Å². The van der Waals surface area contributed by atoms with Crippen molar-refractivity contribution in [3.8, 4) is 0 Å². The highest BCUT2D eigenvalue weighted by Crippen LogP contribution is 2.25. The molecule has 1 aliphatic heterocycles. The van der Waals surface area contributed by atoms with Crippen molar-refractivity contribution in [2.24, 2.45) is 5.73 Å². The lowest BCUT2D eigenvalue weighted by Crippen LogP contribution is -2.39. The number of aromatic nitrogens is 2. The van der Waals surface area contributed by atoms with Gasteiger partial charge in [0.25, 0.3) is 0 Å². The van der Waals surface area contributed by atoms with Crippen LogP contribution in [0.15, 0.2) is 18.7 Å². The first-order chi connectivity index (χ1) is 7.42. The number of hydrogen-bond acceptors (Lipinski definition) is 5. The quantitative estimate of drug-likeness (QED) is 0.818. The van der Waals surface area contributed by atoms with Crippen LogP contribution >= 0.6 is 11.8 Å². The van der Waals surface area contributed by atoms with Gasteiger partial charge in [0.05, 0.1) is 18.1 Å². The van der Waals surface area contributed by atoms with Gasteiger partial charge < -0.3 is 10.6 Å². The van der Waals surface area contributed by atoms with Gasteiger partial charge in [0.1, 0.15) is 6.33 Å². The molecule has 1 saturated heterocycles. The smallest absolute Gasteiger partial charge is 0.115 e. The molecule has 2 heterocycles. The third-order valence-corrected chi connectivity index (χ3v) is 3.74. The van der Waals surface area contributed by atoms with Crippen LogP contribution in [0.3, 0.4) is 0 Å². The van der Waals surface area contributed by atoms with Gasteiger partial charge in [-0.1, -0.05) is 0 Å². The first-order valence-corrected chi connectivity index (χ1v) is 6.36. The number of nitrogens with two attached hydrogens (primary N) is 1. The monoisotopic (exact) mass is 224 g/mol. The van der Waals surface area contributed by atoms with Crippen molar-refractivity contribution >= 4 is 17.4 Å². The third kappa shape index (κ3) is 2.60. The molecule has 1 aliphatic rings. The summed E-state index contributed by atoms with van der Waals surface area (Å²) < 4.78 is 0. The molecular formula is C10H16N4S. The van der Waals surface area contributed by atoms with E-state index in [0.29, 0.717) is 12.6 Å². The molecule has 15 heavy (non-hydrogen) atoms. The van der Waals surface area contributed by atoms with Gasteiger partial charge in [0, 0.05) is 24.9 Å². The van der Waals surface area contributed by atoms with Gasteiger partial charge in [-0.15, -0.1) is 0 Å². The number of anilines is 1. The van der Waals surface area contributed by atoms with E-state index in [-0.39, 0.29) is 0 Å². The zero-order valence-electron chi connectivity index (χ0n) is 8.67. The maximum atomic E-state index is 5.65. The molecule has 2 N–H and O–H groups in total. The average molecular weight is 224 g/mol. The minimum Gasteiger partial charge on any atom is -0.364 e. The van der Waals surface area contributed by atoms with E-state index in [2.05, 4.69) is 14.9 Å². The Morgan fingerprint density at radius 2 is 2.27 bits per heavy atom. The average Bonchev–Trinajstić information content (AvgIpc) is 2.80. The van der Waals surface area contributed by atoms with Gasteiger partial charge in [-0.25, -0.2) is 9.97 Å². The second-order valence-corrected chi connectivity index (χ2v) is 4.75. The number of hydrogen-bond donors (Lipinski definition) is 1. The summed E-state index contributed by atoms with van der Waals surface area (Å²) in [6.07, 6.45) is 6.53. The lowest BCUT2D eigenvalue weighted by Gasteiger charge is -2.29. The summed E-state index contributed by atoms with van der Waals surface area (Å²) in [7, 11) is 0. The Labute approximate surface area is 94.3 Å². The van der Waals surface area contributed by atoms with Crippen LogP contribution in [0.5, 0.6) is 0 Å². The minimum absolute atomic E-state index is 0.601. The minimum atomic E-state index is 0.601. The zero-order chi connectivity index (χ0) is 10.5. The molecule has 2 rings (SSSR count). The van der Waals surface area contributed by atoms with Crippen molar-refractivity contribution in [2.45, 2.75) is 12.5 Å². The molecular weight excluding hydrogens is 208 g/mol. The van der Waals surface area contributed by atoms with Gasteiger partial charge in [-0.3, -0.25) is 0 Å². The van der Waals surface area contributed by atoms with E-state index in [9.17, 15) is 0 Å². The predicted molar refractivity (Wildman–Crippen MR) is 64.2 cm³/mol. The number of rotatable bonds is 4. The highest BCUT2D eigenvalue weighted by molar-refractivity contribution is 7.99. The van der Waals surface area contributed by atoms with Crippen LogP contribution in [0.25, 0.3) is 0 Å². The molecule has 1 atom stereocenters. The molecule has 1 fully saturated rings. The van der Waals surface area contributed by atoms with Gasteiger partial charge in [-0.2, -0.15) is 11.8 Å². The summed E-state index contributed by atoms with van der Waals surface area (Å²) in [5.74, 6) is 2.44. The molecule has 1 aromatic rings. The van der Waals surface area contributed by atoms with E-state index >= 15 is 0 Å². The maximum Gasteiger partial charge on any atom is 0.115 e. The highest BCUT2D eigenvalue weighted by Gasteiger charge is 2.22. The molecule has 0 spiro atoms. The van der Waals surface area contributed by atoms with Crippen molar-refractivity contribution in [3.05, 3.63) is 18.7 Å². The molecule has 0 aliphatic carbocycles. The Bertz CT molecular complexity index is 287. The first-order valence-electron chi connectivity index (χ1n) is 5.21. The molecule has 1 aromatic heterocycles. The zero-order valence-corrected chi connectivity index (χ0v) is 9.49. The van der Waals surface area contributed by atoms with Crippen LogP contribution < -0.4 is 10.6 Å². The van der Waals surface area contributed by atoms with Crippen LogP contribution in [0.1, 0.15) is 6.42 Å². The predicted octanol–water partition coefficient (Wildman–Crippen LogP) is 0.747. The van der Waals surface area contributed by atoms with Crippen molar-refractivity contribution in [3.63, 3.8) is 0 Å². The summed E-state index contributed by atoms with van der Waals surface area (Å²) in [6.45, 7) is 1.56. The van der Waals surface area contributed by atoms with E-state index in [0.717, 1.165) is 12.2 Å². The maximum absolute atomic E-state index is 5.65. The Kier molecular flexibility index (Phi) is 3.80. The summed E-state index contributed by atoms with van der Waals surface area (Å²) in [4.78, 5) is 10.5. The molecule has 82 valence electrons. The van der Waals surface area contributed by atoms with Crippen molar-refractivity contribution in [1.29, 1.82) is 0 Å². The number of nitrogens with zero attached hydrogens (tertiary/aromatic N) is 3. The van der Waals surface area contributed by atoms with Gasteiger partial charge in [-0.05, 0) is 12.2 Å². The summed E-state index contributed by atoms with van der Waals surface area (Å²) in [6, 6.07) is 0.601. The molecule has 1 unspecified atom stereocenters. The molecule has 0 radical (unpaired) electrons. The van der Waals surface area contributed by atoms with E-state index in [1.807, 2.05) is 24.2 Å². The lowest BCUT2D eigenvalue weighted by atomic mass is 10.2. The van der Waals surface area contributed by atoms with Crippen molar-refractivity contribution < 1.29 is 0 Å². The molecule has 0 amide bonds. The van der Waals surface area contributed by atoms with Crippen LogP contribution in [0, 0.1) is 0 Å².